The predicted octanol–water partition coefficient (Wildman–Crippen LogP) is 1.54. The summed E-state index contributed by atoms with van der Waals surface area (Å²) in [5, 5.41) is 13.5. The van der Waals surface area contributed by atoms with E-state index in [0.717, 1.165) is 0 Å². The Hall–Kier alpha value is -1.31. The van der Waals surface area contributed by atoms with E-state index >= 15 is 0 Å². The minimum Gasteiger partial charge on any atom is -0.481 e. The number of carbonyl (C=O) groups excluding carboxylic acids is 1. The number of halogens is 3. The summed E-state index contributed by atoms with van der Waals surface area (Å²) in [5.41, 5.74) is -2.34. The number of rotatable bonds is 7. The first-order valence-electron chi connectivity index (χ1n) is 6.96. The lowest BCUT2D eigenvalue weighted by Crippen LogP contribution is -2.52. The summed E-state index contributed by atoms with van der Waals surface area (Å²) in [4.78, 5) is 22.3. The third kappa shape index (κ3) is 4.59. The minimum absolute atomic E-state index is 0.0194. The van der Waals surface area contributed by atoms with Crippen LogP contribution in [0, 0.1) is 11.3 Å². The molecule has 1 heterocycles. The number of carboxylic acid groups (broad SMARTS) is 1. The summed E-state index contributed by atoms with van der Waals surface area (Å²) in [5.74, 6) is -1.87. The van der Waals surface area contributed by atoms with E-state index in [4.69, 9.17) is 5.11 Å². The molecule has 1 fully saturated rings. The van der Waals surface area contributed by atoms with E-state index in [9.17, 15) is 22.8 Å². The van der Waals surface area contributed by atoms with Crippen molar-refractivity contribution >= 4 is 11.9 Å². The summed E-state index contributed by atoms with van der Waals surface area (Å²) >= 11 is 0. The number of alkyl halides is 3. The molecule has 0 aliphatic carbocycles. The molecule has 3 N–H and O–H groups in total. The molecule has 0 aromatic rings. The van der Waals surface area contributed by atoms with Crippen molar-refractivity contribution in [2.45, 2.75) is 38.8 Å². The van der Waals surface area contributed by atoms with Gasteiger partial charge < -0.3 is 15.7 Å². The van der Waals surface area contributed by atoms with Crippen LogP contribution in [0.1, 0.15) is 32.6 Å². The van der Waals surface area contributed by atoms with Crippen LogP contribution in [0.2, 0.25) is 0 Å². The Labute approximate surface area is 121 Å². The molecule has 2 atom stereocenters. The molecule has 1 rings (SSSR count). The van der Waals surface area contributed by atoms with E-state index in [2.05, 4.69) is 10.6 Å². The summed E-state index contributed by atoms with van der Waals surface area (Å²) < 4.78 is 39.3. The maximum absolute atomic E-state index is 13.1. The van der Waals surface area contributed by atoms with Crippen molar-refractivity contribution in [3.05, 3.63) is 0 Å². The van der Waals surface area contributed by atoms with Gasteiger partial charge in [-0.2, -0.15) is 13.2 Å². The van der Waals surface area contributed by atoms with Crippen molar-refractivity contribution in [1.82, 2.24) is 10.6 Å². The quantitative estimate of drug-likeness (QED) is 0.666. The highest BCUT2D eigenvalue weighted by atomic mass is 19.4. The van der Waals surface area contributed by atoms with Crippen molar-refractivity contribution in [2.75, 3.05) is 19.6 Å². The van der Waals surface area contributed by atoms with Gasteiger partial charge in [0.05, 0.1) is 0 Å². The van der Waals surface area contributed by atoms with Crippen LogP contribution in [0.4, 0.5) is 13.2 Å². The average Bonchev–Trinajstić information content (AvgIpc) is 2.86. The number of carboxylic acids is 1. The molecule has 0 aromatic carbocycles. The molecule has 2 unspecified atom stereocenters. The SMILES string of the molecule is CC(CCNC(=O)C1(C(F)(F)F)CCNC1)CCC(=O)O. The van der Waals surface area contributed by atoms with Crippen LogP contribution < -0.4 is 10.6 Å². The summed E-state index contributed by atoms with van der Waals surface area (Å²) in [7, 11) is 0. The first kappa shape index (κ1) is 17.7. The highest BCUT2D eigenvalue weighted by Crippen LogP contribution is 2.43. The topological polar surface area (TPSA) is 78.4 Å². The maximum Gasteiger partial charge on any atom is 0.404 e. The van der Waals surface area contributed by atoms with Gasteiger partial charge in [0.15, 0.2) is 5.41 Å². The highest BCUT2D eigenvalue weighted by Gasteiger charge is 2.61. The summed E-state index contributed by atoms with van der Waals surface area (Å²) in [6.07, 6.45) is -3.91. The Morgan fingerprint density at radius 2 is 2.05 bits per heavy atom. The van der Waals surface area contributed by atoms with E-state index in [-0.39, 0.29) is 31.8 Å². The van der Waals surface area contributed by atoms with Crippen molar-refractivity contribution in [1.29, 1.82) is 0 Å². The Bertz CT molecular complexity index is 379. The number of hydrogen-bond donors (Lipinski definition) is 3. The van der Waals surface area contributed by atoms with Crippen molar-refractivity contribution < 1.29 is 27.9 Å². The standard InChI is InChI=1S/C13H21F3N2O3/c1-9(2-3-10(19)20)4-6-18-11(21)12(13(14,15)16)5-7-17-8-12/h9,17H,2-8H2,1H3,(H,18,21)(H,19,20). The Morgan fingerprint density at radius 3 is 2.52 bits per heavy atom. The summed E-state index contributed by atoms with van der Waals surface area (Å²) in [6, 6.07) is 0. The van der Waals surface area contributed by atoms with Crippen molar-refractivity contribution in [2.24, 2.45) is 11.3 Å². The number of aliphatic carboxylic acids is 1. The van der Waals surface area contributed by atoms with Gasteiger partial charge in [-0.3, -0.25) is 9.59 Å². The van der Waals surface area contributed by atoms with E-state index in [1.54, 1.807) is 0 Å². The van der Waals surface area contributed by atoms with Gasteiger partial charge in [0.25, 0.3) is 0 Å². The molecule has 0 saturated carbocycles. The first-order chi connectivity index (χ1) is 9.69. The average molecular weight is 310 g/mol. The van der Waals surface area contributed by atoms with Gasteiger partial charge in [0.1, 0.15) is 0 Å². The third-order valence-electron chi connectivity index (χ3n) is 3.91. The largest absolute Gasteiger partial charge is 0.481 e. The van der Waals surface area contributed by atoms with E-state index < -0.39 is 30.0 Å². The Morgan fingerprint density at radius 1 is 1.38 bits per heavy atom. The first-order valence-corrected chi connectivity index (χ1v) is 6.96. The molecule has 0 spiro atoms. The monoisotopic (exact) mass is 310 g/mol. The second kappa shape index (κ2) is 7.11. The minimum atomic E-state index is -4.57. The van der Waals surface area contributed by atoms with Crippen molar-refractivity contribution in [3.63, 3.8) is 0 Å². The molecular formula is C13H21F3N2O3. The molecule has 1 aliphatic heterocycles. The van der Waals surface area contributed by atoms with E-state index in [0.29, 0.717) is 12.8 Å². The molecule has 0 bridgehead atoms. The molecule has 21 heavy (non-hydrogen) atoms. The number of hydrogen-bond acceptors (Lipinski definition) is 3. The van der Waals surface area contributed by atoms with Crippen LogP contribution in [0.5, 0.6) is 0 Å². The molecule has 0 aromatic heterocycles. The number of amides is 1. The predicted molar refractivity (Wildman–Crippen MR) is 69.6 cm³/mol. The number of carbonyl (C=O) groups is 2. The van der Waals surface area contributed by atoms with Gasteiger partial charge >= 0.3 is 12.1 Å². The zero-order valence-corrected chi connectivity index (χ0v) is 11.9. The molecule has 8 heteroatoms. The number of nitrogens with one attached hydrogen (secondary N) is 2. The van der Waals surface area contributed by atoms with Crippen LogP contribution in [0.25, 0.3) is 0 Å². The maximum atomic E-state index is 13.1. The fraction of sp³-hybridized carbons (Fsp3) is 0.846. The smallest absolute Gasteiger partial charge is 0.404 e. The molecule has 122 valence electrons. The Kier molecular flexibility index (Phi) is 6.00. The molecule has 5 nitrogen and oxygen atoms in total. The van der Waals surface area contributed by atoms with Gasteiger partial charge in [-0.1, -0.05) is 6.92 Å². The molecule has 1 amide bonds. The molecule has 1 saturated heterocycles. The third-order valence-corrected chi connectivity index (χ3v) is 3.91. The van der Waals surface area contributed by atoms with E-state index in [1.165, 1.54) is 0 Å². The summed E-state index contributed by atoms with van der Waals surface area (Å²) in [6.45, 7) is 1.71. The van der Waals surface area contributed by atoms with Crippen LogP contribution in [0.15, 0.2) is 0 Å². The van der Waals surface area contributed by atoms with E-state index in [1.807, 2.05) is 6.92 Å². The van der Waals surface area contributed by atoms with Crippen LogP contribution in [-0.4, -0.2) is 42.8 Å². The lowest BCUT2D eigenvalue weighted by Gasteiger charge is -2.29. The van der Waals surface area contributed by atoms with Crippen LogP contribution in [-0.2, 0) is 9.59 Å². The molecule has 1 aliphatic rings. The second-order valence-corrected chi connectivity index (χ2v) is 5.59. The molecule has 0 radical (unpaired) electrons. The fourth-order valence-corrected chi connectivity index (χ4v) is 2.37. The van der Waals surface area contributed by atoms with Gasteiger partial charge in [0.2, 0.25) is 5.91 Å². The van der Waals surface area contributed by atoms with Gasteiger partial charge in [-0.25, -0.2) is 0 Å². The zero-order valence-electron chi connectivity index (χ0n) is 11.9. The lowest BCUT2D eigenvalue weighted by atomic mass is 9.85. The highest BCUT2D eigenvalue weighted by molar-refractivity contribution is 5.84. The van der Waals surface area contributed by atoms with Gasteiger partial charge in [-0.15, -0.1) is 0 Å². The zero-order chi connectivity index (χ0) is 16.1. The fourth-order valence-electron chi connectivity index (χ4n) is 2.37. The second-order valence-electron chi connectivity index (χ2n) is 5.59. The molecular weight excluding hydrogens is 289 g/mol. The lowest BCUT2D eigenvalue weighted by molar-refractivity contribution is -0.216. The van der Waals surface area contributed by atoms with Crippen LogP contribution in [0.3, 0.4) is 0 Å². The van der Waals surface area contributed by atoms with Gasteiger partial charge in [0, 0.05) is 19.5 Å². The van der Waals surface area contributed by atoms with Crippen LogP contribution >= 0.6 is 0 Å². The van der Waals surface area contributed by atoms with Gasteiger partial charge in [-0.05, 0) is 31.7 Å². The van der Waals surface area contributed by atoms with Crippen molar-refractivity contribution in [3.8, 4) is 0 Å². The Balaban J connectivity index is 2.44. The normalized spacial score (nSPS) is 23.8.